The zero-order chi connectivity index (χ0) is 17.6. The van der Waals surface area contributed by atoms with Gasteiger partial charge in [0.25, 0.3) is 0 Å². The van der Waals surface area contributed by atoms with Gasteiger partial charge in [0.1, 0.15) is 18.3 Å². The highest BCUT2D eigenvalue weighted by molar-refractivity contribution is 7.99. The summed E-state index contributed by atoms with van der Waals surface area (Å²) in [4.78, 5) is 12.1. The number of rotatable bonds is 11. The Morgan fingerprint density at radius 2 is 2.08 bits per heavy atom. The Hall–Kier alpha value is -0.990. The number of carboxylic acid groups (broad SMARTS) is 1. The summed E-state index contributed by atoms with van der Waals surface area (Å²) in [5, 5.41) is 11.5. The van der Waals surface area contributed by atoms with Crippen LogP contribution in [0.2, 0.25) is 0 Å². The minimum Gasteiger partial charge on any atom is -0.480 e. The zero-order valence-corrected chi connectivity index (χ0v) is 15.0. The van der Waals surface area contributed by atoms with Gasteiger partial charge in [-0.05, 0) is 55.0 Å². The van der Waals surface area contributed by atoms with E-state index >= 15 is 0 Å². The summed E-state index contributed by atoms with van der Waals surface area (Å²) in [5.74, 6) is 0.747. The molecule has 0 heterocycles. The Balaban J connectivity index is 1.80. The van der Waals surface area contributed by atoms with E-state index in [0.29, 0.717) is 5.92 Å². The molecule has 1 saturated carbocycles. The van der Waals surface area contributed by atoms with Gasteiger partial charge in [0.2, 0.25) is 0 Å². The summed E-state index contributed by atoms with van der Waals surface area (Å²) < 4.78 is 32.5. The van der Waals surface area contributed by atoms with Crippen LogP contribution in [0.15, 0.2) is 29.2 Å². The lowest BCUT2D eigenvalue weighted by molar-refractivity contribution is -0.173. The van der Waals surface area contributed by atoms with Crippen molar-refractivity contribution in [2.75, 3.05) is 24.3 Å². The quantitative estimate of drug-likeness (QED) is 0.575. The van der Waals surface area contributed by atoms with Crippen LogP contribution in [0.3, 0.4) is 0 Å². The van der Waals surface area contributed by atoms with Crippen molar-refractivity contribution in [1.29, 1.82) is 0 Å². The lowest BCUT2D eigenvalue weighted by Crippen LogP contribution is -2.47. The topological polar surface area (TPSA) is 58.6 Å². The normalized spacial score (nSPS) is 16.0. The number of aliphatic carboxylic acids is 1. The SMILES string of the molecule is CSc1ccc(OC(F)(F)CNC(CSCC2CC2)C(=O)O)cc1. The predicted molar refractivity (Wildman–Crippen MR) is 93.3 cm³/mol. The molecule has 1 aromatic rings. The third-order valence-corrected chi connectivity index (χ3v) is 5.53. The maximum atomic E-state index is 13.9. The molecule has 0 amide bonds. The van der Waals surface area contributed by atoms with E-state index in [1.165, 1.54) is 48.5 Å². The lowest BCUT2D eigenvalue weighted by Gasteiger charge is -2.21. The lowest BCUT2D eigenvalue weighted by atomic mass is 10.3. The van der Waals surface area contributed by atoms with Gasteiger partial charge in [-0.25, -0.2) is 0 Å². The molecule has 0 bridgehead atoms. The minimum atomic E-state index is -3.48. The van der Waals surface area contributed by atoms with E-state index in [0.717, 1.165) is 10.6 Å². The Bertz CT molecular complexity index is 539. The van der Waals surface area contributed by atoms with Gasteiger partial charge >= 0.3 is 12.1 Å². The summed E-state index contributed by atoms with van der Waals surface area (Å²) in [5.41, 5.74) is 0. The van der Waals surface area contributed by atoms with Crippen LogP contribution in [0.5, 0.6) is 5.75 Å². The van der Waals surface area contributed by atoms with Gasteiger partial charge < -0.3 is 9.84 Å². The van der Waals surface area contributed by atoms with E-state index in [2.05, 4.69) is 10.1 Å². The van der Waals surface area contributed by atoms with Gasteiger partial charge in [-0.15, -0.1) is 11.8 Å². The fourth-order valence-electron chi connectivity index (χ4n) is 1.95. The smallest absolute Gasteiger partial charge is 0.410 e. The summed E-state index contributed by atoms with van der Waals surface area (Å²) in [6.07, 6.45) is 0.774. The highest BCUT2D eigenvalue weighted by Gasteiger charge is 2.34. The van der Waals surface area contributed by atoms with E-state index in [1.807, 2.05) is 6.26 Å². The molecule has 2 N–H and O–H groups in total. The molecule has 0 aromatic heterocycles. The Labute approximate surface area is 148 Å². The molecular weight excluding hydrogens is 356 g/mol. The Morgan fingerprint density at radius 1 is 1.42 bits per heavy atom. The van der Waals surface area contributed by atoms with E-state index in [-0.39, 0.29) is 11.5 Å². The van der Waals surface area contributed by atoms with E-state index in [1.54, 1.807) is 12.1 Å². The molecule has 1 fully saturated rings. The van der Waals surface area contributed by atoms with Crippen molar-refractivity contribution >= 4 is 29.5 Å². The van der Waals surface area contributed by atoms with Gasteiger partial charge in [-0.3, -0.25) is 10.1 Å². The second kappa shape index (κ2) is 8.92. The third-order valence-electron chi connectivity index (χ3n) is 3.51. The molecule has 1 aliphatic carbocycles. The van der Waals surface area contributed by atoms with Crippen LogP contribution in [-0.2, 0) is 4.79 Å². The second-order valence-corrected chi connectivity index (χ2v) is 7.62. The summed E-state index contributed by atoms with van der Waals surface area (Å²) in [7, 11) is 0. The second-order valence-electron chi connectivity index (χ2n) is 5.67. The number of carbonyl (C=O) groups is 1. The van der Waals surface area contributed by atoms with Crippen molar-refractivity contribution in [1.82, 2.24) is 5.32 Å². The number of thioether (sulfide) groups is 2. The van der Waals surface area contributed by atoms with Crippen LogP contribution >= 0.6 is 23.5 Å². The number of carboxylic acids is 1. The molecule has 2 rings (SSSR count). The predicted octanol–water partition coefficient (Wildman–Crippen LogP) is 3.57. The first-order valence-corrected chi connectivity index (χ1v) is 10.0. The molecule has 0 aliphatic heterocycles. The molecule has 1 atom stereocenters. The Morgan fingerprint density at radius 3 is 2.62 bits per heavy atom. The van der Waals surface area contributed by atoms with Gasteiger partial charge in [-0.1, -0.05) is 0 Å². The standard InChI is InChI=1S/C16H21F2NO3S2/c1-23-13-6-4-12(5-7-13)22-16(17,18)10-19-14(15(20)21)9-24-8-11-2-3-11/h4-7,11,14,19H,2-3,8-10H2,1H3,(H,20,21). The third kappa shape index (κ3) is 6.86. The van der Waals surface area contributed by atoms with Crippen LogP contribution in [0.25, 0.3) is 0 Å². The number of nitrogens with one attached hydrogen (secondary N) is 1. The molecular formula is C16H21F2NO3S2. The Kier molecular flexibility index (Phi) is 7.18. The van der Waals surface area contributed by atoms with Gasteiger partial charge in [-0.2, -0.15) is 20.5 Å². The number of alkyl halides is 2. The summed E-state index contributed by atoms with van der Waals surface area (Å²) in [6.45, 7) is -0.849. The monoisotopic (exact) mass is 377 g/mol. The highest BCUT2D eigenvalue weighted by Crippen LogP contribution is 2.32. The first kappa shape index (κ1) is 19.3. The zero-order valence-electron chi connectivity index (χ0n) is 13.3. The molecule has 0 spiro atoms. The fourth-order valence-corrected chi connectivity index (χ4v) is 3.66. The van der Waals surface area contributed by atoms with Crippen LogP contribution in [0, 0.1) is 5.92 Å². The largest absolute Gasteiger partial charge is 0.480 e. The van der Waals surface area contributed by atoms with Crippen molar-refractivity contribution < 1.29 is 23.4 Å². The van der Waals surface area contributed by atoms with Gasteiger partial charge in [0.05, 0.1) is 0 Å². The molecule has 1 unspecified atom stereocenters. The van der Waals surface area contributed by atoms with Crippen molar-refractivity contribution in [2.24, 2.45) is 5.92 Å². The molecule has 24 heavy (non-hydrogen) atoms. The van der Waals surface area contributed by atoms with Crippen LogP contribution in [0.1, 0.15) is 12.8 Å². The number of benzene rings is 1. The van der Waals surface area contributed by atoms with E-state index in [9.17, 15) is 13.6 Å². The van der Waals surface area contributed by atoms with Gasteiger partial charge in [0.15, 0.2) is 0 Å². The molecule has 4 nitrogen and oxygen atoms in total. The maximum Gasteiger partial charge on any atom is 0.410 e. The molecule has 0 saturated heterocycles. The maximum absolute atomic E-state index is 13.9. The molecule has 8 heteroatoms. The molecule has 0 radical (unpaired) electrons. The highest BCUT2D eigenvalue weighted by atomic mass is 32.2. The van der Waals surface area contributed by atoms with Crippen molar-refractivity contribution in [3.05, 3.63) is 24.3 Å². The number of halogens is 2. The number of ether oxygens (including phenoxy) is 1. The minimum absolute atomic E-state index is 0.0505. The average Bonchev–Trinajstić information content (AvgIpc) is 3.35. The number of hydrogen-bond donors (Lipinski definition) is 2. The van der Waals surface area contributed by atoms with Crippen molar-refractivity contribution in [3.63, 3.8) is 0 Å². The molecule has 134 valence electrons. The van der Waals surface area contributed by atoms with Crippen molar-refractivity contribution in [2.45, 2.75) is 29.9 Å². The van der Waals surface area contributed by atoms with Crippen LogP contribution in [0.4, 0.5) is 8.78 Å². The summed E-state index contributed by atoms with van der Waals surface area (Å²) in [6, 6.07) is 5.32. The van der Waals surface area contributed by atoms with E-state index in [4.69, 9.17) is 5.11 Å². The number of hydrogen-bond acceptors (Lipinski definition) is 5. The molecule has 1 aromatic carbocycles. The van der Waals surface area contributed by atoms with Crippen LogP contribution < -0.4 is 10.1 Å². The molecule has 1 aliphatic rings. The summed E-state index contributed by atoms with van der Waals surface area (Å²) >= 11 is 2.99. The van der Waals surface area contributed by atoms with Gasteiger partial charge in [0, 0.05) is 10.6 Å². The first-order chi connectivity index (χ1) is 11.4. The fraction of sp³-hybridized carbons (Fsp3) is 0.562. The van der Waals surface area contributed by atoms with E-state index < -0.39 is 24.7 Å². The van der Waals surface area contributed by atoms with Crippen LogP contribution in [-0.4, -0.2) is 47.5 Å². The average molecular weight is 377 g/mol. The first-order valence-electron chi connectivity index (χ1n) is 7.64. The van der Waals surface area contributed by atoms with Crippen molar-refractivity contribution in [3.8, 4) is 5.75 Å².